The van der Waals surface area contributed by atoms with E-state index >= 15 is 0 Å². The molecule has 0 aliphatic rings. The second kappa shape index (κ2) is 23.8. The average molecular weight is 420 g/mol. The fourth-order valence-corrected chi connectivity index (χ4v) is 3.88. The van der Waals surface area contributed by atoms with E-state index in [9.17, 15) is 0 Å². The van der Waals surface area contributed by atoms with Gasteiger partial charge in [-0.2, -0.15) is 0 Å². The van der Waals surface area contributed by atoms with Gasteiger partial charge in [0, 0.05) is 18.8 Å². The highest BCUT2D eigenvalue weighted by Crippen LogP contribution is 2.17. The van der Waals surface area contributed by atoms with E-state index in [4.69, 9.17) is 9.90 Å². The van der Waals surface area contributed by atoms with E-state index in [2.05, 4.69) is 49.1 Å². The molecule has 1 aromatic carbocycles. The van der Waals surface area contributed by atoms with Crippen molar-refractivity contribution in [2.45, 2.75) is 117 Å². The van der Waals surface area contributed by atoms with Crippen LogP contribution in [0.15, 0.2) is 30.3 Å². The highest BCUT2D eigenvalue weighted by atomic mass is 16.3. The third-order valence-corrected chi connectivity index (χ3v) is 5.68. The number of rotatable bonds is 19. The zero-order valence-corrected chi connectivity index (χ0v) is 20.0. The molecule has 1 aromatic rings. The number of anilines is 1. The van der Waals surface area contributed by atoms with Crippen LogP contribution in [0, 0.1) is 0 Å². The Morgan fingerprint density at radius 2 is 0.967 bits per heavy atom. The van der Waals surface area contributed by atoms with Gasteiger partial charge >= 0.3 is 0 Å². The van der Waals surface area contributed by atoms with E-state index in [0.29, 0.717) is 0 Å². The number of para-hydroxylation sites is 1. The highest BCUT2D eigenvalue weighted by Gasteiger charge is 2.05. The van der Waals surface area contributed by atoms with E-state index in [1.807, 2.05) is 0 Å². The van der Waals surface area contributed by atoms with Gasteiger partial charge in [0.2, 0.25) is 0 Å². The highest BCUT2D eigenvalue weighted by molar-refractivity contribution is 5.45. The molecular formula is C27H49NO2. The van der Waals surface area contributed by atoms with E-state index in [-0.39, 0.29) is 6.47 Å². The summed E-state index contributed by atoms with van der Waals surface area (Å²) in [5.41, 5.74) is 1.42. The molecule has 30 heavy (non-hydrogen) atoms. The SMILES string of the molecule is CCCCCCCCCCN(CCCCCCCCCC)c1ccccc1.O=CO. The summed E-state index contributed by atoms with van der Waals surface area (Å²) in [4.78, 5) is 11.0. The molecule has 0 saturated carbocycles. The van der Waals surface area contributed by atoms with Crippen LogP contribution in [0.2, 0.25) is 0 Å². The number of nitrogens with zero attached hydrogens (tertiary/aromatic N) is 1. The molecule has 0 aliphatic carbocycles. The van der Waals surface area contributed by atoms with Crippen LogP contribution < -0.4 is 4.90 Å². The number of carbonyl (C=O) groups is 1. The zero-order valence-electron chi connectivity index (χ0n) is 20.0. The summed E-state index contributed by atoms with van der Waals surface area (Å²) in [5.74, 6) is 0. The van der Waals surface area contributed by atoms with Gasteiger partial charge in [0.05, 0.1) is 0 Å². The smallest absolute Gasteiger partial charge is 0.290 e. The first-order valence-corrected chi connectivity index (χ1v) is 12.7. The third kappa shape index (κ3) is 18.5. The van der Waals surface area contributed by atoms with Gasteiger partial charge < -0.3 is 10.0 Å². The van der Waals surface area contributed by atoms with Crippen LogP contribution in [-0.2, 0) is 4.79 Å². The van der Waals surface area contributed by atoms with Crippen molar-refractivity contribution in [3.63, 3.8) is 0 Å². The normalized spacial score (nSPS) is 10.3. The Labute approximate surface area is 187 Å². The molecule has 0 aliphatic heterocycles. The lowest BCUT2D eigenvalue weighted by Crippen LogP contribution is -2.25. The van der Waals surface area contributed by atoms with Gasteiger partial charge in [-0.05, 0) is 25.0 Å². The maximum Gasteiger partial charge on any atom is 0.290 e. The van der Waals surface area contributed by atoms with Crippen molar-refractivity contribution in [3.8, 4) is 0 Å². The summed E-state index contributed by atoms with van der Waals surface area (Å²) in [5, 5.41) is 6.89. The maximum atomic E-state index is 8.36. The lowest BCUT2D eigenvalue weighted by atomic mass is 10.1. The largest absolute Gasteiger partial charge is 0.483 e. The van der Waals surface area contributed by atoms with Gasteiger partial charge in [-0.25, -0.2) is 0 Å². The van der Waals surface area contributed by atoms with Crippen LogP contribution >= 0.6 is 0 Å². The lowest BCUT2D eigenvalue weighted by Gasteiger charge is -2.25. The predicted octanol–water partition coefficient (Wildman–Crippen LogP) is 8.48. The van der Waals surface area contributed by atoms with Gasteiger partial charge in [0.1, 0.15) is 0 Å². The molecule has 0 fully saturated rings. The molecule has 1 rings (SSSR count). The number of benzene rings is 1. The number of hydrogen-bond acceptors (Lipinski definition) is 2. The minimum absolute atomic E-state index is 0.250. The van der Waals surface area contributed by atoms with E-state index < -0.39 is 0 Å². The fourth-order valence-electron chi connectivity index (χ4n) is 3.88. The second-order valence-corrected chi connectivity index (χ2v) is 8.38. The summed E-state index contributed by atoms with van der Waals surface area (Å²) < 4.78 is 0. The van der Waals surface area contributed by atoms with Gasteiger partial charge in [0.15, 0.2) is 0 Å². The molecule has 0 aromatic heterocycles. The standard InChI is InChI=1S/C26H47N.CH2O2/c1-3-5-7-9-11-13-15-20-24-27(26-22-18-17-19-23-26)25-21-16-14-12-10-8-6-4-2;2-1-3/h17-19,22-23H,3-16,20-21,24-25H2,1-2H3;1H,(H,2,3). The third-order valence-electron chi connectivity index (χ3n) is 5.68. The average Bonchev–Trinajstić information content (AvgIpc) is 2.77. The van der Waals surface area contributed by atoms with Crippen molar-refractivity contribution < 1.29 is 9.90 Å². The van der Waals surface area contributed by atoms with Crippen molar-refractivity contribution in [1.29, 1.82) is 0 Å². The molecule has 0 spiro atoms. The lowest BCUT2D eigenvalue weighted by molar-refractivity contribution is -0.122. The van der Waals surface area contributed by atoms with Crippen molar-refractivity contribution in [1.82, 2.24) is 0 Å². The first-order chi connectivity index (χ1) is 14.8. The first kappa shape index (κ1) is 28.5. The Kier molecular flexibility index (Phi) is 22.6. The Morgan fingerprint density at radius 1 is 0.633 bits per heavy atom. The minimum atomic E-state index is -0.250. The molecule has 0 radical (unpaired) electrons. The number of carboxylic acid groups (broad SMARTS) is 1. The van der Waals surface area contributed by atoms with Gasteiger partial charge in [-0.1, -0.05) is 122 Å². The first-order valence-electron chi connectivity index (χ1n) is 12.7. The minimum Gasteiger partial charge on any atom is -0.483 e. The molecule has 0 atom stereocenters. The molecule has 0 unspecified atom stereocenters. The predicted molar refractivity (Wildman–Crippen MR) is 133 cm³/mol. The summed E-state index contributed by atoms with van der Waals surface area (Å²) in [6.45, 7) is 6.81. The topological polar surface area (TPSA) is 40.5 Å². The Balaban J connectivity index is 0.00000263. The van der Waals surface area contributed by atoms with Crippen LogP contribution in [0.4, 0.5) is 5.69 Å². The van der Waals surface area contributed by atoms with E-state index in [0.717, 1.165) is 0 Å². The van der Waals surface area contributed by atoms with Crippen molar-refractivity contribution >= 4 is 12.2 Å². The van der Waals surface area contributed by atoms with Crippen molar-refractivity contribution in [2.75, 3.05) is 18.0 Å². The zero-order chi connectivity index (χ0) is 22.1. The number of hydrogen-bond donors (Lipinski definition) is 1. The Morgan fingerprint density at radius 3 is 1.33 bits per heavy atom. The van der Waals surface area contributed by atoms with Crippen molar-refractivity contribution in [3.05, 3.63) is 30.3 Å². The van der Waals surface area contributed by atoms with Crippen LogP contribution in [0.25, 0.3) is 0 Å². The molecule has 3 heteroatoms. The van der Waals surface area contributed by atoms with Crippen LogP contribution in [-0.4, -0.2) is 24.7 Å². The molecule has 3 nitrogen and oxygen atoms in total. The summed E-state index contributed by atoms with van der Waals surface area (Å²) in [7, 11) is 0. The van der Waals surface area contributed by atoms with Crippen LogP contribution in [0.3, 0.4) is 0 Å². The molecule has 1 N–H and O–H groups in total. The van der Waals surface area contributed by atoms with Gasteiger partial charge in [-0.15, -0.1) is 0 Å². The molecule has 0 bridgehead atoms. The van der Waals surface area contributed by atoms with Crippen LogP contribution in [0.1, 0.15) is 117 Å². The molecular weight excluding hydrogens is 370 g/mol. The number of unbranched alkanes of at least 4 members (excludes halogenated alkanes) is 14. The van der Waals surface area contributed by atoms with Crippen LogP contribution in [0.5, 0.6) is 0 Å². The fraction of sp³-hybridized carbons (Fsp3) is 0.741. The second-order valence-electron chi connectivity index (χ2n) is 8.38. The van der Waals surface area contributed by atoms with Crippen molar-refractivity contribution in [2.24, 2.45) is 0 Å². The van der Waals surface area contributed by atoms with Gasteiger partial charge in [0.25, 0.3) is 6.47 Å². The molecule has 0 amide bonds. The quantitative estimate of drug-likeness (QED) is 0.180. The summed E-state index contributed by atoms with van der Waals surface area (Å²) in [6.07, 6.45) is 22.5. The molecule has 0 saturated heterocycles. The van der Waals surface area contributed by atoms with E-state index in [1.165, 1.54) is 122 Å². The summed E-state index contributed by atoms with van der Waals surface area (Å²) in [6, 6.07) is 11.1. The molecule has 0 heterocycles. The molecule has 174 valence electrons. The monoisotopic (exact) mass is 419 g/mol. The Bertz CT molecular complexity index is 429. The summed E-state index contributed by atoms with van der Waals surface area (Å²) >= 11 is 0. The van der Waals surface area contributed by atoms with Gasteiger partial charge in [-0.3, -0.25) is 4.79 Å². The maximum absolute atomic E-state index is 8.36. The Hall–Kier alpha value is -1.51. The van der Waals surface area contributed by atoms with E-state index in [1.54, 1.807) is 0 Å².